The lowest BCUT2D eigenvalue weighted by atomic mass is 10.1. The van der Waals surface area contributed by atoms with Gasteiger partial charge in [-0.1, -0.05) is 12.1 Å². The van der Waals surface area contributed by atoms with E-state index in [1.54, 1.807) is 14.2 Å². The number of para-hydroxylation sites is 1. The second-order valence-electron chi connectivity index (χ2n) is 4.95. The van der Waals surface area contributed by atoms with Gasteiger partial charge >= 0.3 is 0 Å². The summed E-state index contributed by atoms with van der Waals surface area (Å²) in [7, 11) is 3.28. The van der Waals surface area contributed by atoms with Gasteiger partial charge in [0.05, 0.1) is 25.6 Å². The van der Waals surface area contributed by atoms with Crippen molar-refractivity contribution in [3.63, 3.8) is 0 Å². The Bertz CT molecular complexity index is 685. The van der Waals surface area contributed by atoms with Crippen LogP contribution in [0, 0.1) is 6.92 Å². The van der Waals surface area contributed by atoms with Crippen LogP contribution in [0.4, 0.5) is 11.4 Å². The third kappa shape index (κ3) is 2.50. The van der Waals surface area contributed by atoms with Gasteiger partial charge in [0.2, 0.25) is 5.75 Å². The number of aryl methyl sites for hydroxylation is 1. The number of benzene rings is 2. The Balaban J connectivity index is 2.02. The van der Waals surface area contributed by atoms with Crippen molar-refractivity contribution in [3.8, 4) is 23.0 Å². The topological polar surface area (TPSA) is 49.0 Å². The average molecular weight is 301 g/mol. The molecule has 0 atom stereocenters. The van der Waals surface area contributed by atoms with Gasteiger partial charge < -0.3 is 24.3 Å². The number of hydrogen-bond acceptors (Lipinski definition) is 5. The highest BCUT2D eigenvalue weighted by molar-refractivity contribution is 5.76. The molecule has 5 heteroatoms. The monoisotopic (exact) mass is 301 g/mol. The number of rotatable bonds is 4. The van der Waals surface area contributed by atoms with Gasteiger partial charge in [-0.2, -0.15) is 0 Å². The second kappa shape index (κ2) is 6.05. The van der Waals surface area contributed by atoms with E-state index >= 15 is 0 Å². The molecule has 1 aliphatic rings. The van der Waals surface area contributed by atoms with E-state index in [1.165, 1.54) is 0 Å². The summed E-state index contributed by atoms with van der Waals surface area (Å²) in [4.78, 5) is 0. The van der Waals surface area contributed by atoms with E-state index in [2.05, 4.69) is 5.32 Å². The Hall–Kier alpha value is -2.56. The van der Waals surface area contributed by atoms with Crippen molar-refractivity contribution in [1.82, 2.24) is 0 Å². The molecule has 2 aromatic carbocycles. The maximum absolute atomic E-state index is 5.76. The number of anilines is 2. The molecule has 2 aromatic rings. The lowest BCUT2D eigenvalue weighted by Crippen LogP contribution is -2.17. The van der Waals surface area contributed by atoms with Crippen LogP contribution in [0.2, 0.25) is 0 Å². The predicted molar refractivity (Wildman–Crippen MR) is 85.0 cm³/mol. The minimum Gasteiger partial charge on any atom is -0.494 e. The van der Waals surface area contributed by atoms with Gasteiger partial charge in [-0.15, -0.1) is 0 Å². The highest BCUT2D eigenvalue weighted by Crippen LogP contribution is 2.46. The van der Waals surface area contributed by atoms with Gasteiger partial charge in [-0.3, -0.25) is 0 Å². The Morgan fingerprint density at radius 1 is 0.909 bits per heavy atom. The van der Waals surface area contributed by atoms with Crippen LogP contribution >= 0.6 is 0 Å². The number of methoxy groups -OCH3 is 2. The Morgan fingerprint density at radius 3 is 2.41 bits per heavy atom. The molecule has 3 rings (SSSR count). The van der Waals surface area contributed by atoms with Crippen LogP contribution in [0.1, 0.15) is 5.56 Å². The summed E-state index contributed by atoms with van der Waals surface area (Å²) in [6, 6.07) is 9.72. The molecule has 0 amide bonds. The zero-order valence-corrected chi connectivity index (χ0v) is 12.9. The van der Waals surface area contributed by atoms with Crippen LogP contribution in [0.25, 0.3) is 0 Å². The fourth-order valence-electron chi connectivity index (χ4n) is 2.54. The van der Waals surface area contributed by atoms with Gasteiger partial charge in [-0.05, 0) is 30.7 Å². The molecule has 0 unspecified atom stereocenters. The Labute approximate surface area is 129 Å². The van der Waals surface area contributed by atoms with Crippen LogP contribution in [0.3, 0.4) is 0 Å². The fraction of sp³-hybridized carbons (Fsp3) is 0.294. The van der Waals surface area contributed by atoms with Gasteiger partial charge in [0.1, 0.15) is 19.0 Å². The lowest BCUT2D eigenvalue weighted by molar-refractivity contribution is 0.166. The van der Waals surface area contributed by atoms with Gasteiger partial charge in [0.15, 0.2) is 11.5 Å². The first-order valence-corrected chi connectivity index (χ1v) is 7.12. The first-order chi connectivity index (χ1) is 10.7. The summed E-state index contributed by atoms with van der Waals surface area (Å²) in [5, 5.41) is 3.36. The molecule has 22 heavy (non-hydrogen) atoms. The second-order valence-corrected chi connectivity index (χ2v) is 4.95. The van der Waals surface area contributed by atoms with Gasteiger partial charge in [-0.25, -0.2) is 0 Å². The zero-order chi connectivity index (χ0) is 15.5. The van der Waals surface area contributed by atoms with E-state index < -0.39 is 0 Å². The lowest BCUT2D eigenvalue weighted by Gasteiger charge is -2.24. The van der Waals surface area contributed by atoms with E-state index in [4.69, 9.17) is 18.9 Å². The van der Waals surface area contributed by atoms with Crippen molar-refractivity contribution in [2.24, 2.45) is 0 Å². The number of ether oxygens (including phenoxy) is 4. The first-order valence-electron chi connectivity index (χ1n) is 7.12. The van der Waals surface area contributed by atoms with Crippen LogP contribution in [-0.2, 0) is 0 Å². The van der Waals surface area contributed by atoms with Gasteiger partial charge in [0, 0.05) is 0 Å². The van der Waals surface area contributed by atoms with Crippen LogP contribution in [0.15, 0.2) is 30.3 Å². The third-order valence-electron chi connectivity index (χ3n) is 3.56. The third-order valence-corrected chi connectivity index (χ3v) is 3.56. The molecule has 1 aliphatic heterocycles. The highest BCUT2D eigenvalue weighted by Gasteiger charge is 2.21. The van der Waals surface area contributed by atoms with E-state index in [-0.39, 0.29) is 0 Å². The minimum atomic E-state index is 0.514. The molecule has 0 saturated heterocycles. The summed E-state index contributed by atoms with van der Waals surface area (Å²) in [5.74, 6) is 2.76. The molecule has 1 heterocycles. The van der Waals surface area contributed by atoms with E-state index in [9.17, 15) is 0 Å². The van der Waals surface area contributed by atoms with Crippen LogP contribution in [-0.4, -0.2) is 27.4 Å². The summed E-state index contributed by atoms with van der Waals surface area (Å²) >= 11 is 0. The number of fused-ring (bicyclic) bond motifs is 1. The van der Waals surface area contributed by atoms with Crippen molar-refractivity contribution in [2.75, 3.05) is 32.8 Å². The predicted octanol–water partition coefficient (Wildman–Crippen LogP) is 3.53. The molecule has 0 saturated carbocycles. The molecule has 0 bridgehead atoms. The van der Waals surface area contributed by atoms with Crippen molar-refractivity contribution < 1.29 is 18.9 Å². The van der Waals surface area contributed by atoms with E-state index in [1.807, 2.05) is 37.3 Å². The smallest absolute Gasteiger partial charge is 0.205 e. The average Bonchev–Trinajstić information content (AvgIpc) is 2.55. The number of nitrogens with one attached hydrogen (secondary N) is 1. The SMILES string of the molecule is COc1ccc(Nc2cccc(C)c2OC)c2c1OCCO2. The molecule has 1 N–H and O–H groups in total. The molecule has 5 nitrogen and oxygen atoms in total. The van der Waals surface area contributed by atoms with E-state index in [0.717, 1.165) is 22.7 Å². The Kier molecular flexibility index (Phi) is 3.96. The maximum Gasteiger partial charge on any atom is 0.205 e. The molecule has 0 fully saturated rings. The summed E-state index contributed by atoms with van der Waals surface area (Å²) < 4.78 is 22.3. The Morgan fingerprint density at radius 2 is 1.68 bits per heavy atom. The molecule has 116 valence electrons. The molecule has 0 aliphatic carbocycles. The van der Waals surface area contributed by atoms with Crippen molar-refractivity contribution >= 4 is 11.4 Å². The van der Waals surface area contributed by atoms with Crippen molar-refractivity contribution in [2.45, 2.75) is 6.92 Å². The largest absolute Gasteiger partial charge is 0.494 e. The zero-order valence-electron chi connectivity index (χ0n) is 12.9. The maximum atomic E-state index is 5.76. The normalized spacial score (nSPS) is 12.7. The molecule has 0 spiro atoms. The molecule has 0 aromatic heterocycles. The summed E-state index contributed by atoms with van der Waals surface area (Å²) in [6.07, 6.45) is 0. The fourth-order valence-corrected chi connectivity index (χ4v) is 2.54. The molecule has 0 radical (unpaired) electrons. The number of hydrogen-bond donors (Lipinski definition) is 1. The molecular weight excluding hydrogens is 282 g/mol. The molecular formula is C17H19NO4. The van der Waals surface area contributed by atoms with Crippen LogP contribution < -0.4 is 24.3 Å². The summed E-state index contributed by atoms with van der Waals surface area (Å²) in [6.45, 7) is 3.04. The van der Waals surface area contributed by atoms with Crippen molar-refractivity contribution in [3.05, 3.63) is 35.9 Å². The van der Waals surface area contributed by atoms with Gasteiger partial charge in [0.25, 0.3) is 0 Å². The quantitative estimate of drug-likeness (QED) is 0.936. The summed E-state index contributed by atoms with van der Waals surface area (Å²) in [5.41, 5.74) is 2.76. The standard InChI is InChI=1S/C17H19NO4/c1-11-5-4-6-12(15(11)20-3)18-13-7-8-14(19-2)17-16(13)21-9-10-22-17/h4-8,18H,9-10H2,1-3H3. The minimum absolute atomic E-state index is 0.514. The van der Waals surface area contributed by atoms with Crippen molar-refractivity contribution in [1.29, 1.82) is 0 Å². The first kappa shape index (κ1) is 14.4. The highest BCUT2D eigenvalue weighted by atomic mass is 16.6. The van der Waals surface area contributed by atoms with E-state index in [0.29, 0.717) is 30.5 Å². The van der Waals surface area contributed by atoms with Crippen LogP contribution in [0.5, 0.6) is 23.0 Å².